The molecule has 0 aliphatic heterocycles. The third-order valence-corrected chi connectivity index (χ3v) is 2.58. The quantitative estimate of drug-likeness (QED) is 0.515. The molecule has 0 atom stereocenters. The molecule has 0 amide bonds. The summed E-state index contributed by atoms with van der Waals surface area (Å²) >= 11 is 0. The summed E-state index contributed by atoms with van der Waals surface area (Å²) in [5, 5.41) is 14.7. The van der Waals surface area contributed by atoms with Crippen LogP contribution in [0.3, 0.4) is 0 Å². The highest BCUT2D eigenvalue weighted by Gasteiger charge is 2.00. The Morgan fingerprint density at radius 3 is 2.67 bits per heavy atom. The number of pyridine rings is 1. The molecule has 15 heavy (non-hydrogen) atoms. The molecular formula is C13H8NO-. The fourth-order valence-electron chi connectivity index (χ4n) is 1.90. The van der Waals surface area contributed by atoms with Crippen molar-refractivity contribution in [2.45, 2.75) is 0 Å². The third-order valence-electron chi connectivity index (χ3n) is 2.58. The van der Waals surface area contributed by atoms with Gasteiger partial charge in [-0.1, -0.05) is 42.1 Å². The van der Waals surface area contributed by atoms with Gasteiger partial charge in [-0.05, 0) is 16.8 Å². The van der Waals surface area contributed by atoms with Crippen molar-refractivity contribution in [2.75, 3.05) is 0 Å². The van der Waals surface area contributed by atoms with Crippen LogP contribution >= 0.6 is 0 Å². The summed E-state index contributed by atoms with van der Waals surface area (Å²) < 4.78 is 0. The van der Waals surface area contributed by atoms with Crippen molar-refractivity contribution in [3.05, 3.63) is 48.7 Å². The van der Waals surface area contributed by atoms with Crippen molar-refractivity contribution in [1.82, 2.24) is 4.98 Å². The third kappa shape index (κ3) is 1.15. The fraction of sp³-hybridized carbons (Fsp3) is 0. The van der Waals surface area contributed by atoms with Crippen LogP contribution in [0.25, 0.3) is 21.7 Å². The van der Waals surface area contributed by atoms with Gasteiger partial charge in [0.25, 0.3) is 0 Å². The van der Waals surface area contributed by atoms with Crippen LogP contribution in [0.2, 0.25) is 0 Å². The van der Waals surface area contributed by atoms with Gasteiger partial charge in [0, 0.05) is 11.6 Å². The lowest BCUT2D eigenvalue weighted by molar-refractivity contribution is -0.265. The van der Waals surface area contributed by atoms with Crippen LogP contribution in [-0.4, -0.2) is 4.98 Å². The number of aromatic nitrogens is 1. The van der Waals surface area contributed by atoms with E-state index in [1.54, 1.807) is 12.3 Å². The molecule has 0 bridgehead atoms. The maximum atomic E-state index is 11.7. The minimum absolute atomic E-state index is 0.00991. The van der Waals surface area contributed by atoms with Crippen LogP contribution < -0.4 is 5.11 Å². The molecule has 0 unspecified atom stereocenters. The molecule has 2 heteroatoms. The average molecular weight is 194 g/mol. The standard InChI is InChI=1S/C13H9NO/c15-12-8-9-4-1-2-5-10(9)11-6-3-7-14-13(11)12/h1-8,15H/p-1. The highest BCUT2D eigenvalue weighted by Crippen LogP contribution is 2.29. The van der Waals surface area contributed by atoms with E-state index in [1.165, 1.54) is 0 Å². The van der Waals surface area contributed by atoms with Crippen LogP contribution in [0.1, 0.15) is 0 Å². The van der Waals surface area contributed by atoms with Crippen molar-refractivity contribution in [1.29, 1.82) is 0 Å². The molecule has 1 aromatic heterocycles. The zero-order valence-electron chi connectivity index (χ0n) is 7.97. The first-order valence-corrected chi connectivity index (χ1v) is 4.80. The van der Waals surface area contributed by atoms with Gasteiger partial charge in [0.1, 0.15) is 0 Å². The van der Waals surface area contributed by atoms with Gasteiger partial charge in [-0.3, -0.25) is 4.98 Å². The Bertz CT molecular complexity index is 646. The van der Waals surface area contributed by atoms with E-state index < -0.39 is 0 Å². The first-order chi connectivity index (χ1) is 7.36. The number of rotatable bonds is 0. The van der Waals surface area contributed by atoms with E-state index in [0.717, 1.165) is 16.2 Å². The fourth-order valence-corrected chi connectivity index (χ4v) is 1.90. The molecule has 72 valence electrons. The summed E-state index contributed by atoms with van der Waals surface area (Å²) in [7, 11) is 0. The highest BCUT2D eigenvalue weighted by atomic mass is 16.3. The number of hydrogen-bond acceptors (Lipinski definition) is 2. The van der Waals surface area contributed by atoms with Crippen LogP contribution in [0.5, 0.6) is 5.75 Å². The number of fused-ring (bicyclic) bond motifs is 3. The van der Waals surface area contributed by atoms with Crippen molar-refractivity contribution in [3.63, 3.8) is 0 Å². The number of benzene rings is 2. The predicted octanol–water partition coefficient (Wildman–Crippen LogP) is 2.46. The Labute approximate surface area is 86.8 Å². The first kappa shape index (κ1) is 8.24. The second-order valence-corrected chi connectivity index (χ2v) is 3.50. The van der Waals surface area contributed by atoms with E-state index in [4.69, 9.17) is 0 Å². The topological polar surface area (TPSA) is 36.0 Å². The van der Waals surface area contributed by atoms with E-state index in [2.05, 4.69) is 4.98 Å². The molecule has 3 rings (SSSR count). The van der Waals surface area contributed by atoms with Crippen LogP contribution in [0.4, 0.5) is 0 Å². The van der Waals surface area contributed by atoms with Gasteiger partial charge in [0.2, 0.25) is 0 Å². The zero-order chi connectivity index (χ0) is 10.3. The molecule has 0 spiro atoms. The molecule has 0 saturated carbocycles. The maximum absolute atomic E-state index is 11.7. The monoisotopic (exact) mass is 194 g/mol. The lowest BCUT2D eigenvalue weighted by Crippen LogP contribution is -1.93. The summed E-state index contributed by atoms with van der Waals surface area (Å²) in [4.78, 5) is 4.12. The molecule has 0 aliphatic carbocycles. The van der Waals surface area contributed by atoms with Gasteiger partial charge in [-0.25, -0.2) is 0 Å². The van der Waals surface area contributed by atoms with Crippen molar-refractivity contribution < 1.29 is 5.11 Å². The molecule has 1 heterocycles. The summed E-state index contributed by atoms with van der Waals surface area (Å²) in [6.45, 7) is 0. The van der Waals surface area contributed by atoms with Crippen molar-refractivity contribution in [3.8, 4) is 5.75 Å². The molecule has 0 aliphatic rings. The second kappa shape index (κ2) is 2.95. The lowest BCUT2D eigenvalue weighted by Gasteiger charge is -2.11. The molecule has 0 N–H and O–H groups in total. The van der Waals surface area contributed by atoms with E-state index >= 15 is 0 Å². The number of nitrogens with zero attached hydrogens (tertiary/aromatic N) is 1. The maximum Gasteiger partial charge on any atom is 0.0630 e. The molecule has 2 nitrogen and oxygen atoms in total. The summed E-state index contributed by atoms with van der Waals surface area (Å²) in [5.74, 6) is -0.00991. The highest BCUT2D eigenvalue weighted by molar-refractivity contribution is 6.08. The Balaban J connectivity index is 2.64. The smallest absolute Gasteiger partial charge is 0.0630 e. The van der Waals surface area contributed by atoms with Crippen LogP contribution in [-0.2, 0) is 0 Å². The minimum atomic E-state index is -0.00991. The van der Waals surface area contributed by atoms with E-state index in [1.807, 2.05) is 36.4 Å². The zero-order valence-corrected chi connectivity index (χ0v) is 7.97. The summed E-state index contributed by atoms with van der Waals surface area (Å²) in [6, 6.07) is 13.3. The molecule has 0 radical (unpaired) electrons. The van der Waals surface area contributed by atoms with Gasteiger partial charge in [-0.2, -0.15) is 0 Å². The summed E-state index contributed by atoms with van der Waals surface area (Å²) in [6.07, 6.45) is 1.65. The lowest BCUT2D eigenvalue weighted by atomic mass is 10.0. The molecule has 2 aromatic carbocycles. The van der Waals surface area contributed by atoms with Gasteiger partial charge in [0.05, 0.1) is 5.52 Å². The Kier molecular flexibility index (Phi) is 1.62. The van der Waals surface area contributed by atoms with Gasteiger partial charge in [0.15, 0.2) is 0 Å². The van der Waals surface area contributed by atoms with E-state index in [9.17, 15) is 5.11 Å². The minimum Gasteiger partial charge on any atom is -0.871 e. The normalized spacial score (nSPS) is 10.9. The van der Waals surface area contributed by atoms with E-state index in [0.29, 0.717) is 5.52 Å². The van der Waals surface area contributed by atoms with Gasteiger partial charge in [-0.15, -0.1) is 0 Å². The second-order valence-electron chi connectivity index (χ2n) is 3.50. The van der Waals surface area contributed by atoms with Crippen LogP contribution in [0.15, 0.2) is 48.7 Å². The molecule has 3 aromatic rings. The Hall–Kier alpha value is -2.09. The largest absolute Gasteiger partial charge is 0.871 e. The van der Waals surface area contributed by atoms with E-state index in [-0.39, 0.29) is 5.75 Å². The Morgan fingerprint density at radius 1 is 0.933 bits per heavy atom. The molecular weight excluding hydrogens is 186 g/mol. The van der Waals surface area contributed by atoms with Gasteiger partial charge < -0.3 is 5.11 Å². The SMILES string of the molecule is [O-]c1cc2ccccc2c2cccnc12. The summed E-state index contributed by atoms with van der Waals surface area (Å²) in [5.41, 5.74) is 0.552. The van der Waals surface area contributed by atoms with Crippen molar-refractivity contribution in [2.24, 2.45) is 0 Å². The first-order valence-electron chi connectivity index (χ1n) is 4.80. The Morgan fingerprint density at radius 2 is 1.73 bits per heavy atom. The van der Waals surface area contributed by atoms with Gasteiger partial charge >= 0.3 is 0 Å². The predicted molar refractivity (Wildman–Crippen MR) is 58.7 cm³/mol. The number of hydrogen-bond donors (Lipinski definition) is 0. The molecule has 0 saturated heterocycles. The molecule has 0 fully saturated rings. The van der Waals surface area contributed by atoms with Crippen LogP contribution in [0, 0.1) is 0 Å². The average Bonchev–Trinajstić information content (AvgIpc) is 2.30. The van der Waals surface area contributed by atoms with Crippen molar-refractivity contribution >= 4 is 21.7 Å².